The van der Waals surface area contributed by atoms with Crippen LogP contribution in [0.15, 0.2) is 18.2 Å². The molecular formula is C21H28N4O4. The van der Waals surface area contributed by atoms with Gasteiger partial charge < -0.3 is 29.9 Å². The first kappa shape index (κ1) is 19.6. The number of rotatable bonds is 3. The van der Waals surface area contributed by atoms with E-state index in [2.05, 4.69) is 16.4 Å². The van der Waals surface area contributed by atoms with Crippen LogP contribution >= 0.6 is 0 Å². The van der Waals surface area contributed by atoms with Crippen molar-refractivity contribution in [1.29, 1.82) is 0 Å². The number of carbonyl (C=O) groups excluding carboxylic acids is 2. The highest BCUT2D eigenvalue weighted by molar-refractivity contribution is 5.88. The van der Waals surface area contributed by atoms with Gasteiger partial charge in [-0.2, -0.15) is 0 Å². The van der Waals surface area contributed by atoms with Crippen LogP contribution in [0.3, 0.4) is 0 Å². The molecule has 1 spiro atoms. The zero-order chi connectivity index (χ0) is 20.6. The number of urea groups is 1. The van der Waals surface area contributed by atoms with Crippen LogP contribution in [0.4, 0.5) is 4.79 Å². The molecule has 3 amide bonds. The maximum Gasteiger partial charge on any atom is 0.319 e. The van der Waals surface area contributed by atoms with Gasteiger partial charge in [0.05, 0.1) is 13.7 Å². The van der Waals surface area contributed by atoms with Gasteiger partial charge in [0, 0.05) is 54.1 Å². The Morgan fingerprint density at radius 2 is 2.03 bits per heavy atom. The average molecular weight is 400 g/mol. The van der Waals surface area contributed by atoms with Crippen molar-refractivity contribution < 1.29 is 19.4 Å². The zero-order valence-electron chi connectivity index (χ0n) is 17.0. The van der Waals surface area contributed by atoms with Gasteiger partial charge in [0.25, 0.3) is 0 Å². The quantitative estimate of drug-likeness (QED) is 0.686. The van der Waals surface area contributed by atoms with Crippen LogP contribution in [0.2, 0.25) is 0 Å². The highest BCUT2D eigenvalue weighted by Crippen LogP contribution is 2.45. The molecule has 0 saturated carbocycles. The Bertz CT molecular complexity index is 930. The number of amides is 3. The monoisotopic (exact) mass is 400 g/mol. The second-order valence-electron chi connectivity index (χ2n) is 7.90. The van der Waals surface area contributed by atoms with E-state index in [-0.39, 0.29) is 24.1 Å². The molecule has 0 bridgehead atoms. The lowest BCUT2D eigenvalue weighted by atomic mass is 9.69. The van der Waals surface area contributed by atoms with Crippen molar-refractivity contribution in [3.05, 3.63) is 29.5 Å². The molecule has 1 aromatic heterocycles. The number of methoxy groups -OCH3 is 1. The SMILES string of the molecule is CCC(=O)N1Cc2[nH]c3cc(OC)ccc3c2C2(CCN(C(=O)NCO)CC2)C1. The summed E-state index contributed by atoms with van der Waals surface area (Å²) in [6.07, 6.45) is 2.02. The molecule has 8 nitrogen and oxygen atoms in total. The largest absolute Gasteiger partial charge is 0.497 e. The van der Waals surface area contributed by atoms with Crippen LogP contribution in [0.5, 0.6) is 5.75 Å². The lowest BCUT2D eigenvalue weighted by Gasteiger charge is -2.47. The van der Waals surface area contributed by atoms with Crippen LogP contribution in [0, 0.1) is 0 Å². The van der Waals surface area contributed by atoms with E-state index in [1.807, 2.05) is 24.0 Å². The molecule has 4 rings (SSSR count). The zero-order valence-corrected chi connectivity index (χ0v) is 17.0. The number of carbonyl (C=O) groups is 2. The Balaban J connectivity index is 1.73. The lowest BCUT2D eigenvalue weighted by Crippen LogP contribution is -2.55. The van der Waals surface area contributed by atoms with E-state index in [1.54, 1.807) is 12.0 Å². The molecule has 8 heteroatoms. The Hall–Kier alpha value is -2.74. The van der Waals surface area contributed by atoms with E-state index in [0.717, 1.165) is 35.2 Å². The van der Waals surface area contributed by atoms with E-state index in [9.17, 15) is 9.59 Å². The number of likely N-dealkylation sites (tertiary alicyclic amines) is 1. The first-order valence-corrected chi connectivity index (χ1v) is 10.1. The molecule has 0 unspecified atom stereocenters. The van der Waals surface area contributed by atoms with Crippen molar-refractivity contribution in [2.45, 2.75) is 38.1 Å². The minimum Gasteiger partial charge on any atom is -0.497 e. The van der Waals surface area contributed by atoms with E-state index in [0.29, 0.717) is 32.6 Å². The van der Waals surface area contributed by atoms with Gasteiger partial charge in [-0.1, -0.05) is 6.92 Å². The number of aliphatic hydroxyl groups is 1. The molecule has 29 heavy (non-hydrogen) atoms. The summed E-state index contributed by atoms with van der Waals surface area (Å²) in [7, 11) is 1.65. The summed E-state index contributed by atoms with van der Waals surface area (Å²) in [6, 6.07) is 5.81. The van der Waals surface area contributed by atoms with Gasteiger partial charge in [0.2, 0.25) is 5.91 Å². The second-order valence-corrected chi connectivity index (χ2v) is 7.90. The van der Waals surface area contributed by atoms with Crippen LogP contribution < -0.4 is 10.1 Å². The number of fused-ring (bicyclic) bond motifs is 4. The lowest BCUT2D eigenvalue weighted by molar-refractivity contribution is -0.133. The summed E-state index contributed by atoms with van der Waals surface area (Å²) in [4.78, 5) is 31.9. The molecule has 1 aromatic carbocycles. The van der Waals surface area contributed by atoms with Gasteiger partial charge in [-0.15, -0.1) is 0 Å². The van der Waals surface area contributed by atoms with Crippen molar-refractivity contribution >= 4 is 22.8 Å². The van der Waals surface area contributed by atoms with Gasteiger partial charge in [-0.3, -0.25) is 4.79 Å². The average Bonchev–Trinajstić information content (AvgIpc) is 3.12. The third-order valence-corrected chi connectivity index (χ3v) is 6.35. The number of nitrogens with one attached hydrogen (secondary N) is 2. The van der Waals surface area contributed by atoms with Crippen molar-refractivity contribution in [2.24, 2.45) is 0 Å². The van der Waals surface area contributed by atoms with E-state index in [1.165, 1.54) is 5.56 Å². The van der Waals surface area contributed by atoms with Gasteiger partial charge >= 0.3 is 6.03 Å². The van der Waals surface area contributed by atoms with Crippen LogP contribution in [-0.4, -0.2) is 65.3 Å². The molecule has 0 radical (unpaired) electrons. The molecule has 3 N–H and O–H groups in total. The minimum absolute atomic E-state index is 0.145. The number of aromatic amines is 1. The fourth-order valence-electron chi connectivity index (χ4n) is 4.90. The van der Waals surface area contributed by atoms with Gasteiger partial charge in [-0.05, 0) is 30.5 Å². The Labute approximate surface area is 169 Å². The highest BCUT2D eigenvalue weighted by Gasteiger charge is 2.45. The normalized spacial score (nSPS) is 18.0. The van der Waals surface area contributed by atoms with Gasteiger partial charge in [0.1, 0.15) is 12.5 Å². The number of hydrogen-bond acceptors (Lipinski definition) is 4. The van der Waals surface area contributed by atoms with E-state index in [4.69, 9.17) is 9.84 Å². The smallest absolute Gasteiger partial charge is 0.319 e. The molecule has 0 atom stereocenters. The number of benzene rings is 1. The third-order valence-electron chi connectivity index (χ3n) is 6.35. The molecule has 2 aliphatic heterocycles. The van der Waals surface area contributed by atoms with Crippen molar-refractivity contribution in [3.63, 3.8) is 0 Å². The topological polar surface area (TPSA) is 97.9 Å². The molecular weight excluding hydrogens is 372 g/mol. The fraction of sp³-hybridized carbons (Fsp3) is 0.524. The molecule has 2 aliphatic rings. The molecule has 0 aliphatic carbocycles. The molecule has 1 saturated heterocycles. The van der Waals surface area contributed by atoms with E-state index >= 15 is 0 Å². The van der Waals surface area contributed by atoms with Gasteiger partial charge in [0.15, 0.2) is 0 Å². The Kier molecular flexibility index (Phi) is 5.12. The van der Waals surface area contributed by atoms with E-state index < -0.39 is 0 Å². The maximum atomic E-state index is 12.6. The van der Waals surface area contributed by atoms with Crippen molar-refractivity contribution in [3.8, 4) is 5.75 Å². The molecule has 1 fully saturated rings. The van der Waals surface area contributed by atoms with Crippen LogP contribution in [0.25, 0.3) is 10.9 Å². The standard InChI is InChI=1S/C21H28N4O4/c1-3-18(27)25-11-17-19(15-5-4-14(29-2)10-16(15)23-17)21(12-25)6-8-24(9-7-21)20(28)22-13-26/h4-5,10,23,26H,3,6-9,11-13H2,1-2H3,(H,22,28). The maximum absolute atomic E-state index is 12.6. The first-order valence-electron chi connectivity index (χ1n) is 10.1. The number of piperidine rings is 1. The predicted octanol–water partition coefficient (Wildman–Crippen LogP) is 1.92. The summed E-state index contributed by atoms with van der Waals surface area (Å²) in [5, 5.41) is 12.6. The summed E-state index contributed by atoms with van der Waals surface area (Å²) < 4.78 is 5.38. The summed E-state index contributed by atoms with van der Waals surface area (Å²) in [6.45, 7) is 3.94. The molecule has 3 heterocycles. The third kappa shape index (κ3) is 3.31. The second kappa shape index (κ2) is 7.59. The molecule has 156 valence electrons. The van der Waals surface area contributed by atoms with Crippen LogP contribution in [0.1, 0.15) is 37.4 Å². The van der Waals surface area contributed by atoms with Gasteiger partial charge in [-0.25, -0.2) is 4.79 Å². The number of ether oxygens (including phenoxy) is 1. The summed E-state index contributed by atoms with van der Waals surface area (Å²) in [5.41, 5.74) is 3.17. The predicted molar refractivity (Wildman–Crippen MR) is 109 cm³/mol. The Morgan fingerprint density at radius 3 is 2.69 bits per heavy atom. The van der Waals surface area contributed by atoms with Crippen molar-refractivity contribution in [2.75, 3.05) is 33.5 Å². The highest BCUT2D eigenvalue weighted by atomic mass is 16.5. The summed E-state index contributed by atoms with van der Waals surface area (Å²) >= 11 is 0. The first-order chi connectivity index (χ1) is 14.0. The summed E-state index contributed by atoms with van der Waals surface area (Å²) in [5.74, 6) is 0.939. The minimum atomic E-state index is -0.367. The van der Waals surface area contributed by atoms with Crippen molar-refractivity contribution in [1.82, 2.24) is 20.1 Å². The number of hydrogen-bond donors (Lipinski definition) is 3. The number of H-pyrrole nitrogens is 1. The van der Waals surface area contributed by atoms with Crippen LogP contribution in [-0.2, 0) is 16.8 Å². The fourth-order valence-corrected chi connectivity index (χ4v) is 4.90. The Morgan fingerprint density at radius 1 is 1.28 bits per heavy atom. The number of aliphatic hydroxyl groups excluding tert-OH is 1. The number of aromatic nitrogens is 1. The number of nitrogens with zero attached hydrogens (tertiary/aromatic N) is 2. The molecule has 2 aromatic rings.